The number of aromatic nitrogens is 10. The number of methoxy groups -OCH3 is 2. The van der Waals surface area contributed by atoms with E-state index in [-0.39, 0.29) is 22.0 Å². The van der Waals surface area contributed by atoms with Gasteiger partial charge in [-0.25, -0.2) is 34.7 Å². The number of allylic oxidation sites excluding steroid dienone is 1. The van der Waals surface area contributed by atoms with Gasteiger partial charge in [-0.05, 0) is 86.6 Å². The Morgan fingerprint density at radius 1 is 0.605 bits per heavy atom. The van der Waals surface area contributed by atoms with Crippen molar-refractivity contribution in [2.24, 2.45) is 14.1 Å². The third-order valence-corrected chi connectivity index (χ3v) is 17.2. The van der Waals surface area contributed by atoms with Crippen molar-refractivity contribution in [2.75, 3.05) is 20.8 Å². The predicted octanol–water partition coefficient (Wildman–Crippen LogP) is 8.74. The van der Waals surface area contributed by atoms with Crippen LogP contribution in [-0.4, -0.2) is 101 Å². The maximum atomic E-state index is 14.3. The average molecular weight is 1060 g/mol. The highest BCUT2D eigenvalue weighted by atomic mass is 32.2. The summed E-state index contributed by atoms with van der Waals surface area (Å²) in [4.78, 5) is 9.53. The highest BCUT2D eigenvalue weighted by molar-refractivity contribution is 7.90. The van der Waals surface area contributed by atoms with E-state index in [0.717, 1.165) is 60.3 Å². The van der Waals surface area contributed by atoms with E-state index in [0.29, 0.717) is 51.4 Å². The standard InChI is InChI=1S/C28H27N5O5S.C28H25N5O3S/c1-17-4-7-21(8-5-17)39(36,37)33-26(11-23-27-18(12-29-28(23)33)13-30-31(27)2)24-15-32(14-19(35)16-34)25-9-6-20(38-3)10-22(24)25;1-5-12-32-17-24(22-13-20(36-4)8-11-25(22)32)26-14-23-27-19(16-30-31(27)3)15-29-28(23)33(26)37(34,35)21-9-6-18(2)7-10-21/h4-13,15,19,34-35H,14,16H2,1-3H3;5-11,13-17H,1,12H2,2-4H3. The zero-order valence-corrected chi connectivity index (χ0v) is 44.0. The first-order chi connectivity index (χ1) is 36.5. The molecule has 0 saturated heterocycles. The Kier molecular flexibility index (Phi) is 12.4. The quantitative estimate of drug-likeness (QED) is 0.104. The molecular formula is C56H52N10O8S2. The van der Waals surface area contributed by atoms with Crippen molar-refractivity contribution < 1.29 is 36.5 Å². The van der Waals surface area contributed by atoms with Crippen LogP contribution in [0.25, 0.3) is 88.2 Å². The molecule has 0 aliphatic heterocycles. The monoisotopic (exact) mass is 1060 g/mol. The van der Waals surface area contributed by atoms with Crippen LogP contribution in [0.5, 0.6) is 11.5 Å². The Labute approximate surface area is 436 Å². The minimum absolute atomic E-state index is 0.120. The third kappa shape index (κ3) is 8.16. The molecule has 0 spiro atoms. The van der Waals surface area contributed by atoms with Gasteiger partial charge in [-0.2, -0.15) is 10.2 Å². The second-order valence-electron chi connectivity index (χ2n) is 18.6. The van der Waals surface area contributed by atoms with E-state index in [1.807, 2.05) is 80.2 Å². The van der Waals surface area contributed by atoms with Crippen molar-refractivity contribution in [3.05, 3.63) is 158 Å². The van der Waals surface area contributed by atoms with Gasteiger partial charge in [-0.15, -0.1) is 6.58 Å². The fraction of sp³-hybridized carbons (Fsp3) is 0.179. The van der Waals surface area contributed by atoms with Crippen LogP contribution in [0.4, 0.5) is 0 Å². The van der Waals surface area contributed by atoms with Gasteiger partial charge >= 0.3 is 0 Å². The van der Waals surface area contributed by atoms with E-state index in [4.69, 9.17) is 9.47 Å². The van der Waals surface area contributed by atoms with Gasteiger partial charge < -0.3 is 28.8 Å². The zero-order chi connectivity index (χ0) is 53.4. The van der Waals surface area contributed by atoms with E-state index in [1.165, 1.54) is 7.94 Å². The average Bonchev–Trinajstić information content (AvgIpc) is 4.34. The zero-order valence-electron chi connectivity index (χ0n) is 42.3. The molecule has 0 saturated carbocycles. The van der Waals surface area contributed by atoms with Gasteiger partial charge in [0.25, 0.3) is 20.0 Å². The summed E-state index contributed by atoms with van der Waals surface area (Å²) >= 11 is 0. The Hall–Kier alpha value is -8.56. The molecule has 4 aromatic carbocycles. The SMILES string of the molecule is C=CCn1cc(-c2cc3c4c(cnc3n2S(=O)(=O)c2ccc(C)cc2)cnn4C)c2cc(OC)ccc21.COc1ccc2c(c1)c(-c1cc3c4c(cnc3n1S(=O)(=O)c1ccc(C)cc1)cnn4C)cn2CC(O)CO. The van der Waals surface area contributed by atoms with E-state index in [9.17, 15) is 27.0 Å². The third-order valence-electron chi connectivity index (χ3n) is 13.8. The van der Waals surface area contributed by atoms with Crippen LogP contribution in [0.1, 0.15) is 11.1 Å². The number of aryl methyl sites for hydroxylation is 4. The number of hydrogen-bond donors (Lipinski definition) is 2. The van der Waals surface area contributed by atoms with Crippen molar-refractivity contribution in [3.8, 4) is 34.0 Å². The number of ether oxygens (including phenoxy) is 2. The molecule has 0 bridgehead atoms. The lowest BCUT2D eigenvalue weighted by Gasteiger charge is -2.12. The van der Waals surface area contributed by atoms with Gasteiger partial charge in [0.15, 0.2) is 11.3 Å². The highest BCUT2D eigenvalue weighted by Gasteiger charge is 2.30. The first-order valence-corrected chi connectivity index (χ1v) is 27.0. The normalized spacial score (nSPS) is 12.6. The van der Waals surface area contributed by atoms with Crippen molar-refractivity contribution in [2.45, 2.75) is 42.8 Å². The number of benzene rings is 4. The summed E-state index contributed by atoms with van der Waals surface area (Å²) in [5.74, 6) is 1.28. The van der Waals surface area contributed by atoms with Crippen LogP contribution in [0.2, 0.25) is 0 Å². The molecule has 8 aromatic heterocycles. The summed E-state index contributed by atoms with van der Waals surface area (Å²) in [6.45, 7) is 7.99. The summed E-state index contributed by atoms with van der Waals surface area (Å²) in [5, 5.41) is 33.0. The predicted molar refractivity (Wildman–Crippen MR) is 294 cm³/mol. The molecule has 0 amide bonds. The molecule has 0 aliphatic rings. The number of nitrogens with zero attached hydrogens (tertiary/aromatic N) is 10. The van der Waals surface area contributed by atoms with E-state index in [2.05, 4.69) is 26.7 Å². The molecule has 1 unspecified atom stereocenters. The molecule has 1 atom stereocenters. The molecule has 2 N–H and O–H groups in total. The number of aliphatic hydroxyl groups is 2. The van der Waals surface area contributed by atoms with Crippen LogP contribution in [-0.2, 0) is 47.2 Å². The maximum absolute atomic E-state index is 14.3. The summed E-state index contributed by atoms with van der Waals surface area (Å²) in [7, 11) is -1.27. The summed E-state index contributed by atoms with van der Waals surface area (Å²) in [6.07, 6.45) is 11.3. The van der Waals surface area contributed by atoms with Gasteiger partial charge in [0, 0.05) is 99.9 Å². The molecule has 12 rings (SSSR count). The first kappa shape index (κ1) is 49.6. The number of hydrogen-bond acceptors (Lipinski definition) is 12. The smallest absolute Gasteiger partial charge is 0.269 e. The molecule has 76 heavy (non-hydrogen) atoms. The van der Waals surface area contributed by atoms with E-state index < -0.39 is 32.8 Å². The Morgan fingerprint density at radius 2 is 1.04 bits per heavy atom. The molecule has 386 valence electrons. The number of pyridine rings is 2. The number of fused-ring (bicyclic) bond motifs is 8. The molecule has 0 fully saturated rings. The Morgan fingerprint density at radius 3 is 1.46 bits per heavy atom. The first-order valence-electron chi connectivity index (χ1n) is 24.1. The fourth-order valence-corrected chi connectivity index (χ4v) is 13.0. The number of rotatable bonds is 13. The van der Waals surface area contributed by atoms with Crippen LogP contribution < -0.4 is 9.47 Å². The lowest BCUT2D eigenvalue weighted by atomic mass is 10.1. The largest absolute Gasteiger partial charge is 0.497 e. The number of aliphatic hydroxyl groups excluding tert-OH is 2. The minimum Gasteiger partial charge on any atom is -0.497 e. The van der Waals surface area contributed by atoms with Gasteiger partial charge in [-0.3, -0.25) is 9.36 Å². The highest BCUT2D eigenvalue weighted by Crippen LogP contribution is 2.42. The van der Waals surface area contributed by atoms with Gasteiger partial charge in [0.2, 0.25) is 0 Å². The van der Waals surface area contributed by atoms with E-state index >= 15 is 0 Å². The molecule has 18 nitrogen and oxygen atoms in total. The van der Waals surface area contributed by atoms with E-state index in [1.54, 1.807) is 121 Å². The summed E-state index contributed by atoms with van der Waals surface area (Å²) < 4.78 is 77.9. The van der Waals surface area contributed by atoms with Crippen molar-refractivity contribution in [1.82, 2.24) is 46.6 Å². The van der Waals surface area contributed by atoms with Crippen LogP contribution in [0.15, 0.2) is 157 Å². The molecule has 0 aliphatic carbocycles. The molecule has 20 heteroatoms. The van der Waals surface area contributed by atoms with Crippen molar-refractivity contribution >= 4 is 85.7 Å². The topological polar surface area (TPSA) is 208 Å². The van der Waals surface area contributed by atoms with Gasteiger partial charge in [0.05, 0.1) is 78.1 Å². The second-order valence-corrected chi connectivity index (χ2v) is 22.2. The molecule has 12 aromatic rings. The Balaban J connectivity index is 0.000000162. The van der Waals surface area contributed by atoms with Crippen molar-refractivity contribution in [1.29, 1.82) is 0 Å². The summed E-state index contributed by atoms with van der Waals surface area (Å²) in [5.41, 5.74) is 8.09. The lowest BCUT2D eigenvalue weighted by molar-refractivity contribution is 0.0822. The molecular weight excluding hydrogens is 1000 g/mol. The minimum atomic E-state index is -4.09. The van der Waals surface area contributed by atoms with Gasteiger partial charge in [-0.1, -0.05) is 41.5 Å². The van der Waals surface area contributed by atoms with Crippen LogP contribution in [0, 0.1) is 13.8 Å². The van der Waals surface area contributed by atoms with Gasteiger partial charge in [0.1, 0.15) is 11.5 Å². The van der Waals surface area contributed by atoms with Crippen LogP contribution in [0.3, 0.4) is 0 Å². The fourth-order valence-electron chi connectivity index (χ4n) is 10.0. The maximum Gasteiger partial charge on any atom is 0.269 e. The molecule has 8 heterocycles. The van der Waals surface area contributed by atoms with Crippen molar-refractivity contribution in [3.63, 3.8) is 0 Å². The molecule has 0 radical (unpaired) electrons. The lowest BCUT2D eigenvalue weighted by Crippen LogP contribution is -2.19. The Bertz CT molecular complexity index is 4490. The van der Waals surface area contributed by atoms with Crippen LogP contribution >= 0.6 is 0 Å². The summed E-state index contributed by atoms with van der Waals surface area (Å²) in [6, 6.07) is 28.5. The second kappa shape index (κ2) is 19.0.